The van der Waals surface area contributed by atoms with Gasteiger partial charge in [0.15, 0.2) is 0 Å². The fourth-order valence-corrected chi connectivity index (χ4v) is 5.61. The molecule has 1 aliphatic rings. The maximum Gasteiger partial charge on any atom is 0.283 e. The number of fused-ring (bicyclic) bond motifs is 4. The molecule has 0 aliphatic carbocycles. The number of rotatable bonds is 11. The number of nitrogens with one attached hydrogen (secondary N) is 1. The molecule has 5 rings (SSSR count). The van der Waals surface area contributed by atoms with Crippen LogP contribution in [0.25, 0.3) is 27.8 Å². The lowest BCUT2D eigenvalue weighted by Crippen LogP contribution is -2.33. The molecule has 0 saturated carbocycles. The van der Waals surface area contributed by atoms with Gasteiger partial charge >= 0.3 is 0 Å². The molecule has 1 aromatic carbocycles. The summed E-state index contributed by atoms with van der Waals surface area (Å²) in [7, 11) is 0. The predicted octanol–water partition coefficient (Wildman–Crippen LogP) is 5.05. The Morgan fingerprint density at radius 2 is 1.73 bits per heavy atom. The fourth-order valence-electron chi connectivity index (χ4n) is 5.61. The van der Waals surface area contributed by atoms with Gasteiger partial charge in [-0.3, -0.25) is 9.59 Å². The minimum atomic E-state index is -0.101. The van der Waals surface area contributed by atoms with Crippen molar-refractivity contribution >= 4 is 33.8 Å². The molecule has 1 saturated heterocycles. The second kappa shape index (κ2) is 11.5. The fraction of sp³-hybridized carbons (Fsp3) is 0.552. The van der Waals surface area contributed by atoms with E-state index in [2.05, 4.69) is 28.3 Å². The number of benzene rings is 1. The van der Waals surface area contributed by atoms with Crippen LogP contribution in [0.3, 0.4) is 0 Å². The van der Waals surface area contributed by atoms with Crippen molar-refractivity contribution in [3.05, 3.63) is 46.4 Å². The second-order valence-corrected chi connectivity index (χ2v) is 10.4. The number of hydrogen-bond donors (Lipinski definition) is 1. The molecule has 0 atom stereocenters. The lowest BCUT2D eigenvalue weighted by atomic mass is 10.1. The number of hydrogen-bond acceptors (Lipinski definition) is 4. The molecular formula is C29H40N6O2. The first-order valence-corrected chi connectivity index (χ1v) is 14.2. The molecule has 37 heavy (non-hydrogen) atoms. The van der Waals surface area contributed by atoms with E-state index < -0.39 is 0 Å². The molecule has 198 valence electrons. The van der Waals surface area contributed by atoms with Crippen LogP contribution in [0.1, 0.15) is 75.6 Å². The van der Waals surface area contributed by atoms with E-state index in [0.717, 1.165) is 69.3 Å². The molecule has 1 aliphatic heterocycles. The van der Waals surface area contributed by atoms with Crippen LogP contribution in [0.15, 0.2) is 35.3 Å². The van der Waals surface area contributed by atoms with Crippen LogP contribution in [-0.4, -0.2) is 67.4 Å². The van der Waals surface area contributed by atoms with E-state index in [1.165, 1.54) is 32.4 Å². The molecular weight excluding hydrogens is 464 g/mol. The van der Waals surface area contributed by atoms with E-state index >= 15 is 0 Å². The number of unbranched alkanes of at least 4 members (excludes halogenated alkanes) is 2. The topological polar surface area (TPSA) is 78.6 Å². The molecule has 3 aromatic heterocycles. The molecule has 8 nitrogen and oxygen atoms in total. The third kappa shape index (κ3) is 5.17. The molecule has 1 amide bonds. The summed E-state index contributed by atoms with van der Waals surface area (Å²) >= 11 is 0. The quantitative estimate of drug-likeness (QED) is 0.310. The zero-order valence-electron chi connectivity index (χ0n) is 22.3. The number of carbonyl (C=O) groups excluding carboxylic acids is 1. The summed E-state index contributed by atoms with van der Waals surface area (Å²) in [6.07, 6.45) is 10.7. The Labute approximate surface area is 218 Å². The first-order chi connectivity index (χ1) is 18.1. The average Bonchev–Trinajstić information content (AvgIpc) is 3.52. The summed E-state index contributed by atoms with van der Waals surface area (Å²) in [4.78, 5) is 39.5. The van der Waals surface area contributed by atoms with Crippen molar-refractivity contribution in [1.82, 2.24) is 28.7 Å². The predicted molar refractivity (Wildman–Crippen MR) is 149 cm³/mol. The van der Waals surface area contributed by atoms with Crippen LogP contribution < -0.4 is 5.56 Å². The first-order valence-electron chi connectivity index (χ1n) is 14.2. The normalized spacial score (nSPS) is 14.8. The van der Waals surface area contributed by atoms with Crippen molar-refractivity contribution in [2.24, 2.45) is 0 Å². The van der Waals surface area contributed by atoms with Crippen molar-refractivity contribution in [3.8, 4) is 0 Å². The molecule has 4 heterocycles. The summed E-state index contributed by atoms with van der Waals surface area (Å²) in [5.74, 6) is 0.713. The second-order valence-electron chi connectivity index (χ2n) is 10.4. The Hall–Kier alpha value is -3.13. The van der Waals surface area contributed by atoms with E-state index in [0.29, 0.717) is 22.4 Å². The van der Waals surface area contributed by atoms with Crippen LogP contribution in [0.5, 0.6) is 0 Å². The molecule has 4 aromatic rings. The van der Waals surface area contributed by atoms with Crippen LogP contribution >= 0.6 is 0 Å². The number of aryl methyl sites for hydroxylation is 1. The number of aromatic amines is 1. The smallest absolute Gasteiger partial charge is 0.283 e. The number of imidazole rings is 1. The zero-order valence-corrected chi connectivity index (χ0v) is 22.3. The van der Waals surface area contributed by atoms with Crippen molar-refractivity contribution in [2.45, 2.75) is 71.8 Å². The van der Waals surface area contributed by atoms with Gasteiger partial charge in [0, 0.05) is 31.4 Å². The monoisotopic (exact) mass is 504 g/mol. The molecule has 8 heteroatoms. The van der Waals surface area contributed by atoms with Crippen molar-refractivity contribution in [2.75, 3.05) is 32.7 Å². The molecule has 1 N–H and O–H groups in total. The summed E-state index contributed by atoms with van der Waals surface area (Å²) in [5.41, 5.74) is 3.46. The van der Waals surface area contributed by atoms with Crippen molar-refractivity contribution in [1.29, 1.82) is 0 Å². The van der Waals surface area contributed by atoms with Gasteiger partial charge in [0.2, 0.25) is 5.78 Å². The number of nitrogens with zero attached hydrogens (tertiary/aromatic N) is 5. The van der Waals surface area contributed by atoms with Gasteiger partial charge in [0.05, 0.1) is 16.6 Å². The Morgan fingerprint density at radius 3 is 2.46 bits per heavy atom. The number of H-pyrrole nitrogens is 1. The summed E-state index contributed by atoms with van der Waals surface area (Å²) in [5, 5.41) is 0. The lowest BCUT2D eigenvalue weighted by Gasteiger charge is -2.26. The van der Waals surface area contributed by atoms with Gasteiger partial charge < -0.3 is 19.4 Å². The summed E-state index contributed by atoms with van der Waals surface area (Å²) in [6.45, 7) is 9.97. The highest BCUT2D eigenvalue weighted by atomic mass is 16.2. The number of carbonyl (C=O) groups is 1. The summed E-state index contributed by atoms with van der Waals surface area (Å²) in [6, 6.07) is 7.62. The highest BCUT2D eigenvalue weighted by molar-refractivity contribution is 5.98. The Kier molecular flexibility index (Phi) is 7.93. The highest BCUT2D eigenvalue weighted by Gasteiger charge is 2.21. The van der Waals surface area contributed by atoms with Gasteiger partial charge in [0.25, 0.3) is 11.5 Å². The van der Waals surface area contributed by atoms with Crippen LogP contribution in [-0.2, 0) is 6.54 Å². The first kappa shape index (κ1) is 25.5. The summed E-state index contributed by atoms with van der Waals surface area (Å²) < 4.78 is 3.85. The van der Waals surface area contributed by atoms with Crippen LogP contribution in [0.2, 0.25) is 0 Å². The highest BCUT2D eigenvalue weighted by Crippen LogP contribution is 2.23. The maximum absolute atomic E-state index is 13.6. The van der Waals surface area contributed by atoms with E-state index in [-0.39, 0.29) is 11.5 Å². The van der Waals surface area contributed by atoms with Gasteiger partial charge in [-0.05, 0) is 76.0 Å². The van der Waals surface area contributed by atoms with Crippen molar-refractivity contribution in [3.63, 3.8) is 0 Å². The molecule has 1 fully saturated rings. The minimum absolute atomic E-state index is 0.0707. The van der Waals surface area contributed by atoms with Gasteiger partial charge in [-0.15, -0.1) is 0 Å². The van der Waals surface area contributed by atoms with Gasteiger partial charge in [0.1, 0.15) is 5.52 Å². The minimum Gasteiger partial charge on any atom is -0.355 e. The van der Waals surface area contributed by atoms with Crippen LogP contribution in [0, 0.1) is 0 Å². The van der Waals surface area contributed by atoms with Gasteiger partial charge in [-0.2, -0.15) is 0 Å². The molecule has 0 bridgehead atoms. The largest absolute Gasteiger partial charge is 0.355 e. The molecule has 0 radical (unpaired) electrons. The van der Waals surface area contributed by atoms with Gasteiger partial charge in [-0.1, -0.05) is 33.1 Å². The maximum atomic E-state index is 13.6. The third-order valence-electron chi connectivity index (χ3n) is 7.71. The Balaban J connectivity index is 1.55. The van der Waals surface area contributed by atoms with E-state index in [1.54, 1.807) is 10.6 Å². The van der Waals surface area contributed by atoms with Crippen LogP contribution in [0.4, 0.5) is 0 Å². The van der Waals surface area contributed by atoms with E-state index in [1.807, 2.05) is 29.2 Å². The standard InChI is InChI=1S/C29H40N6O2/c1-3-5-18-33(19-6-4-2)27(36)22-11-12-24-25(21-22)34(20-10-17-32-15-8-7-9-16-32)29-31-23-13-14-30-26(23)28(37)35(24)29/h11-14,21,30H,3-10,15-20H2,1-2H3. The SMILES string of the molecule is CCCCN(CCCC)C(=O)c1ccc2c(c1)n(CCCN1CCCCC1)c1nc3cc[nH]c3c(=O)n21. The zero-order chi connectivity index (χ0) is 25.8. The van der Waals surface area contributed by atoms with Gasteiger partial charge in [-0.25, -0.2) is 9.38 Å². The third-order valence-corrected chi connectivity index (χ3v) is 7.71. The van der Waals surface area contributed by atoms with E-state index in [9.17, 15) is 9.59 Å². The Morgan fingerprint density at radius 1 is 0.973 bits per heavy atom. The average molecular weight is 505 g/mol. The molecule has 0 spiro atoms. The Bertz CT molecular complexity index is 1420. The van der Waals surface area contributed by atoms with E-state index in [4.69, 9.17) is 4.98 Å². The number of amides is 1. The van der Waals surface area contributed by atoms with Crippen molar-refractivity contribution < 1.29 is 4.79 Å². The number of aromatic nitrogens is 4. The molecule has 0 unspecified atom stereocenters. The number of likely N-dealkylation sites (tertiary alicyclic amines) is 1. The number of piperidine rings is 1. The lowest BCUT2D eigenvalue weighted by molar-refractivity contribution is 0.0751.